The quantitative estimate of drug-likeness (QED) is 0.430. The van der Waals surface area contributed by atoms with E-state index >= 15 is 0 Å². The molecule has 1 aliphatic carbocycles. The van der Waals surface area contributed by atoms with Gasteiger partial charge in [-0.1, -0.05) is 56.3 Å². The van der Waals surface area contributed by atoms with Crippen LogP contribution in [0.2, 0.25) is 0 Å². The number of aryl methyl sites for hydroxylation is 1. The summed E-state index contributed by atoms with van der Waals surface area (Å²) in [5.41, 5.74) is 4.20. The lowest BCUT2D eigenvalue weighted by Crippen LogP contribution is -2.52. The Labute approximate surface area is 240 Å². The predicted molar refractivity (Wildman–Crippen MR) is 160 cm³/mol. The third kappa shape index (κ3) is 7.58. The lowest BCUT2D eigenvalue weighted by atomic mass is 10.0. The maximum Gasteiger partial charge on any atom is 0.303 e. The van der Waals surface area contributed by atoms with Gasteiger partial charge in [0.2, 0.25) is 0 Å². The van der Waals surface area contributed by atoms with Crippen LogP contribution in [-0.4, -0.2) is 69.7 Å². The molecule has 7 nitrogen and oxygen atoms in total. The number of piperazine rings is 1. The van der Waals surface area contributed by atoms with Crippen molar-refractivity contribution in [2.45, 2.75) is 57.9 Å². The molecule has 1 aromatic carbocycles. The first-order valence-corrected chi connectivity index (χ1v) is 14.8. The minimum atomic E-state index is -1.08. The van der Waals surface area contributed by atoms with Gasteiger partial charge >= 0.3 is 11.9 Å². The number of rotatable bonds is 8. The number of benzene rings is 1. The van der Waals surface area contributed by atoms with E-state index in [9.17, 15) is 9.59 Å². The highest BCUT2D eigenvalue weighted by Gasteiger charge is 2.29. The lowest BCUT2D eigenvalue weighted by molar-refractivity contribution is -0.143. The zero-order valence-electron chi connectivity index (χ0n) is 23.5. The number of fused-ring (bicyclic) bond motifs is 2. The number of nitrogens with zero attached hydrogens (tertiary/aromatic N) is 3. The molecule has 40 heavy (non-hydrogen) atoms. The van der Waals surface area contributed by atoms with Gasteiger partial charge in [0.1, 0.15) is 0 Å². The van der Waals surface area contributed by atoms with E-state index in [-0.39, 0.29) is 12.8 Å². The van der Waals surface area contributed by atoms with Crippen molar-refractivity contribution in [3.63, 3.8) is 0 Å². The van der Waals surface area contributed by atoms with Gasteiger partial charge in [-0.15, -0.1) is 11.3 Å². The van der Waals surface area contributed by atoms with Crippen molar-refractivity contribution in [2.75, 3.05) is 26.7 Å². The van der Waals surface area contributed by atoms with E-state index < -0.39 is 11.9 Å². The summed E-state index contributed by atoms with van der Waals surface area (Å²) in [4.78, 5) is 32.3. The second-order valence-corrected chi connectivity index (χ2v) is 11.9. The Balaban J connectivity index is 0.000000406. The molecular formula is C32H39N3O4S. The van der Waals surface area contributed by atoms with Crippen molar-refractivity contribution in [3.05, 3.63) is 86.2 Å². The van der Waals surface area contributed by atoms with E-state index in [0.29, 0.717) is 12.0 Å². The molecule has 3 aromatic rings. The monoisotopic (exact) mass is 561 g/mol. The number of aromatic nitrogens is 1. The average molecular weight is 562 g/mol. The van der Waals surface area contributed by atoms with Gasteiger partial charge < -0.3 is 15.1 Å². The summed E-state index contributed by atoms with van der Waals surface area (Å²) in [6.07, 6.45) is 7.04. The van der Waals surface area contributed by atoms with Crippen molar-refractivity contribution in [1.82, 2.24) is 14.8 Å². The standard InChI is InChI=1S/C28H33N3S.C4H6O4/c1-20(2)26-18-24-25(32-26)14-12-22-10-7-15-29-27(22)28(24)31-17-16-30(3)23(19-31)13-11-21-8-5-4-6-9-21;5-3(6)1-2-4(7)8/h4-10,12,15,18,20,23H,11,13-14,16-17,19H2,1-3H3;1-2H2,(H,5,6)(H,7,8). The average Bonchev–Trinajstić information content (AvgIpc) is 3.30. The minimum Gasteiger partial charge on any atom is -0.481 e. The molecule has 1 atom stereocenters. The van der Waals surface area contributed by atoms with Gasteiger partial charge in [-0.2, -0.15) is 0 Å². The summed E-state index contributed by atoms with van der Waals surface area (Å²) in [5, 5.41) is 18.2. The number of carboxylic acid groups (broad SMARTS) is 2. The largest absolute Gasteiger partial charge is 0.481 e. The molecule has 1 saturated heterocycles. The van der Waals surface area contributed by atoms with Gasteiger partial charge in [0.25, 0.3) is 0 Å². The van der Waals surface area contributed by atoms with E-state index in [2.05, 4.69) is 85.3 Å². The summed E-state index contributed by atoms with van der Waals surface area (Å²) in [5.74, 6) is -1.60. The van der Waals surface area contributed by atoms with Crippen molar-refractivity contribution in [2.24, 2.45) is 0 Å². The fourth-order valence-corrected chi connectivity index (χ4v) is 6.30. The molecule has 2 N–H and O–H groups in total. The van der Waals surface area contributed by atoms with Crippen LogP contribution in [0.25, 0.3) is 11.8 Å². The second-order valence-electron chi connectivity index (χ2n) is 10.7. The van der Waals surface area contributed by atoms with Crippen molar-refractivity contribution >= 4 is 35.0 Å². The van der Waals surface area contributed by atoms with E-state index in [1.807, 2.05) is 17.5 Å². The number of thiophene rings is 1. The van der Waals surface area contributed by atoms with E-state index in [4.69, 9.17) is 15.2 Å². The van der Waals surface area contributed by atoms with E-state index in [0.717, 1.165) is 37.8 Å². The molecule has 8 heteroatoms. The highest BCUT2D eigenvalue weighted by Crippen LogP contribution is 2.35. The smallest absolute Gasteiger partial charge is 0.303 e. The number of pyridine rings is 1. The Morgan fingerprint density at radius 1 is 1.05 bits per heavy atom. The Morgan fingerprint density at radius 2 is 1.77 bits per heavy atom. The normalized spacial score (nSPS) is 16.8. The van der Waals surface area contributed by atoms with Gasteiger partial charge in [-0.25, -0.2) is 0 Å². The Morgan fingerprint density at radius 3 is 2.45 bits per heavy atom. The molecule has 1 aliphatic heterocycles. The van der Waals surface area contributed by atoms with Crippen LogP contribution in [0, 0.1) is 0 Å². The van der Waals surface area contributed by atoms with Crippen LogP contribution in [0.1, 0.15) is 59.9 Å². The Kier molecular flexibility index (Phi) is 10.1. The lowest BCUT2D eigenvalue weighted by Gasteiger charge is -2.41. The summed E-state index contributed by atoms with van der Waals surface area (Å²) < 4.78 is 0. The van der Waals surface area contributed by atoms with Crippen LogP contribution in [0.4, 0.5) is 0 Å². The molecule has 1 fully saturated rings. The second kappa shape index (κ2) is 13.7. The highest BCUT2D eigenvalue weighted by molar-refractivity contribution is 7.12. The fourth-order valence-electron chi connectivity index (χ4n) is 5.17. The summed E-state index contributed by atoms with van der Waals surface area (Å²) in [6, 6.07) is 18.2. The molecule has 0 bridgehead atoms. The molecule has 2 aromatic heterocycles. The first-order chi connectivity index (χ1) is 19.2. The summed E-state index contributed by atoms with van der Waals surface area (Å²) >= 11 is 1.99. The van der Waals surface area contributed by atoms with Gasteiger partial charge in [-0.3, -0.25) is 19.5 Å². The third-order valence-electron chi connectivity index (χ3n) is 7.48. The number of aliphatic carboxylic acids is 2. The zero-order valence-corrected chi connectivity index (χ0v) is 24.4. The summed E-state index contributed by atoms with van der Waals surface area (Å²) in [7, 11) is 2.29. The number of hydrogen-bond acceptors (Lipinski definition) is 6. The Bertz CT molecular complexity index is 1420. The molecule has 5 rings (SSSR count). The molecular weight excluding hydrogens is 522 g/mol. The van der Waals surface area contributed by atoms with Crippen molar-refractivity contribution in [1.29, 1.82) is 0 Å². The number of hydrogen-bond donors (Lipinski definition) is 2. The maximum absolute atomic E-state index is 9.64. The topological polar surface area (TPSA) is 94.0 Å². The van der Waals surface area contributed by atoms with E-state index in [1.165, 1.54) is 38.2 Å². The van der Waals surface area contributed by atoms with Crippen LogP contribution in [0.15, 0.2) is 54.7 Å². The molecule has 0 saturated carbocycles. The van der Waals surface area contributed by atoms with Crippen LogP contribution < -0.4 is 10.6 Å². The SMILES string of the molecule is CC(C)c1cc2c(s1)CC=c1cccnc1=C2N1CCN(C)C(CCc2ccccc2)C1.O=C(O)CCC(=O)O. The number of carbonyl (C=O) groups is 2. The van der Waals surface area contributed by atoms with Crippen molar-refractivity contribution < 1.29 is 19.8 Å². The Hall–Kier alpha value is -3.49. The molecule has 3 heterocycles. The first kappa shape index (κ1) is 29.5. The third-order valence-corrected chi connectivity index (χ3v) is 8.94. The van der Waals surface area contributed by atoms with Gasteiger partial charge in [0, 0.05) is 53.6 Å². The molecule has 1 unspecified atom stereocenters. The molecule has 2 aliphatic rings. The van der Waals surface area contributed by atoms with Gasteiger partial charge in [-0.05, 0) is 48.7 Å². The maximum atomic E-state index is 9.64. The number of carboxylic acids is 2. The van der Waals surface area contributed by atoms with Gasteiger partial charge in [0.05, 0.1) is 23.9 Å². The minimum absolute atomic E-state index is 0.296. The number of likely N-dealkylation sites (N-methyl/N-ethyl adjacent to an activating group) is 1. The molecule has 212 valence electrons. The van der Waals surface area contributed by atoms with Crippen LogP contribution in [-0.2, 0) is 22.4 Å². The van der Waals surface area contributed by atoms with Gasteiger partial charge in [0.15, 0.2) is 0 Å². The molecule has 0 amide bonds. The highest BCUT2D eigenvalue weighted by atomic mass is 32.1. The molecule has 0 radical (unpaired) electrons. The summed E-state index contributed by atoms with van der Waals surface area (Å²) in [6.45, 7) is 7.80. The van der Waals surface area contributed by atoms with Crippen LogP contribution in [0.3, 0.4) is 0 Å². The first-order valence-electron chi connectivity index (χ1n) is 13.9. The van der Waals surface area contributed by atoms with Crippen LogP contribution >= 0.6 is 11.3 Å². The van der Waals surface area contributed by atoms with Crippen molar-refractivity contribution in [3.8, 4) is 0 Å². The molecule has 0 spiro atoms. The fraction of sp³-hybridized carbons (Fsp3) is 0.406. The van der Waals surface area contributed by atoms with E-state index in [1.54, 1.807) is 0 Å². The zero-order chi connectivity index (χ0) is 28.6. The predicted octanol–water partition coefficient (Wildman–Crippen LogP) is 3.94. The van der Waals surface area contributed by atoms with Crippen LogP contribution in [0.5, 0.6) is 0 Å².